The van der Waals surface area contributed by atoms with E-state index in [1.165, 1.54) is 24.7 Å². The summed E-state index contributed by atoms with van der Waals surface area (Å²) in [5.41, 5.74) is 0.335. The molecule has 108 valence electrons. The van der Waals surface area contributed by atoms with E-state index in [0.717, 1.165) is 6.07 Å². The lowest BCUT2D eigenvalue weighted by Gasteiger charge is -2.12. The lowest BCUT2D eigenvalue weighted by molar-refractivity contribution is -0.138. The van der Waals surface area contributed by atoms with Gasteiger partial charge in [0.1, 0.15) is 11.0 Å². The lowest BCUT2D eigenvalue weighted by Crippen LogP contribution is -2.14. The van der Waals surface area contributed by atoms with E-state index in [-0.39, 0.29) is 18.2 Å². The highest BCUT2D eigenvalue weighted by molar-refractivity contribution is 5.73. The Morgan fingerprint density at radius 1 is 1.19 bits per heavy atom. The summed E-state index contributed by atoms with van der Waals surface area (Å²) in [5.74, 6) is 0.211. The number of aromatic nitrogens is 5. The molecule has 3 heterocycles. The van der Waals surface area contributed by atoms with Crippen LogP contribution in [0.25, 0.3) is 11.0 Å². The van der Waals surface area contributed by atoms with Crippen molar-refractivity contribution in [2.45, 2.75) is 12.7 Å². The van der Waals surface area contributed by atoms with Gasteiger partial charge in [0.2, 0.25) is 5.95 Å². The van der Waals surface area contributed by atoms with Crippen LogP contribution in [0.4, 0.5) is 19.1 Å². The van der Waals surface area contributed by atoms with Crippen LogP contribution in [0.15, 0.2) is 30.7 Å². The van der Waals surface area contributed by atoms with Gasteiger partial charge in [0, 0.05) is 6.20 Å². The molecule has 0 aromatic carbocycles. The second-order valence-electron chi connectivity index (χ2n) is 4.21. The molecule has 6 nitrogen and oxygen atoms in total. The zero-order chi connectivity index (χ0) is 14.9. The number of rotatable bonds is 3. The summed E-state index contributed by atoms with van der Waals surface area (Å²) in [6.45, 7) is -0.126. The molecule has 3 aromatic rings. The molecule has 0 radical (unpaired) electrons. The van der Waals surface area contributed by atoms with Crippen LogP contribution in [-0.4, -0.2) is 25.1 Å². The summed E-state index contributed by atoms with van der Waals surface area (Å²) in [5, 5.41) is 9.21. The Labute approximate surface area is 116 Å². The Morgan fingerprint density at radius 2 is 2.05 bits per heavy atom. The van der Waals surface area contributed by atoms with Gasteiger partial charge in [0.15, 0.2) is 0 Å². The second-order valence-corrected chi connectivity index (χ2v) is 4.21. The van der Waals surface area contributed by atoms with Crippen LogP contribution in [0.1, 0.15) is 11.3 Å². The van der Waals surface area contributed by atoms with Gasteiger partial charge in [-0.05, 0) is 12.1 Å². The Kier molecular flexibility index (Phi) is 3.16. The van der Waals surface area contributed by atoms with E-state index in [1.54, 1.807) is 0 Å². The number of alkyl halides is 3. The van der Waals surface area contributed by atoms with E-state index >= 15 is 0 Å². The van der Waals surface area contributed by atoms with Gasteiger partial charge in [0.05, 0.1) is 30.2 Å². The van der Waals surface area contributed by atoms with Crippen molar-refractivity contribution in [1.82, 2.24) is 25.1 Å². The molecule has 0 aliphatic rings. The smallest absolute Gasteiger partial charge is 0.349 e. The molecule has 0 fully saturated rings. The van der Waals surface area contributed by atoms with E-state index in [9.17, 15) is 13.2 Å². The van der Waals surface area contributed by atoms with E-state index in [4.69, 9.17) is 0 Å². The van der Waals surface area contributed by atoms with Crippen LogP contribution in [0.3, 0.4) is 0 Å². The number of H-pyrrole nitrogens is 1. The maximum Gasteiger partial charge on any atom is 0.418 e. The maximum atomic E-state index is 12.8. The number of nitrogens with zero attached hydrogens (tertiary/aromatic N) is 4. The molecule has 21 heavy (non-hydrogen) atoms. The van der Waals surface area contributed by atoms with E-state index in [2.05, 4.69) is 30.5 Å². The number of aromatic amines is 1. The molecule has 0 bridgehead atoms. The highest BCUT2D eigenvalue weighted by Gasteiger charge is 2.33. The normalized spacial score (nSPS) is 11.8. The first-order chi connectivity index (χ1) is 10.0. The molecule has 0 atom stereocenters. The molecule has 0 saturated heterocycles. The Hall–Kier alpha value is -2.71. The van der Waals surface area contributed by atoms with Gasteiger partial charge in [-0.25, -0.2) is 9.97 Å². The Bertz CT molecular complexity index is 767. The fourth-order valence-corrected chi connectivity index (χ4v) is 1.83. The SMILES string of the molecule is FC(F)(F)c1cccnc1CNc1ncc2[nH]ncc2n1. The molecule has 0 aliphatic heterocycles. The van der Waals surface area contributed by atoms with Gasteiger partial charge in [0.25, 0.3) is 0 Å². The van der Waals surface area contributed by atoms with Crippen LogP contribution in [0.5, 0.6) is 0 Å². The quantitative estimate of drug-likeness (QED) is 0.775. The summed E-state index contributed by atoms with van der Waals surface area (Å²) >= 11 is 0. The van der Waals surface area contributed by atoms with Gasteiger partial charge in [-0.3, -0.25) is 10.1 Å². The predicted molar refractivity (Wildman–Crippen MR) is 68.2 cm³/mol. The predicted octanol–water partition coefficient (Wildman–Crippen LogP) is 2.38. The van der Waals surface area contributed by atoms with Crippen LogP contribution in [-0.2, 0) is 12.7 Å². The van der Waals surface area contributed by atoms with E-state index in [1.807, 2.05) is 0 Å². The van der Waals surface area contributed by atoms with Gasteiger partial charge >= 0.3 is 6.18 Å². The molecule has 3 aromatic heterocycles. The van der Waals surface area contributed by atoms with Crippen LogP contribution in [0.2, 0.25) is 0 Å². The molecule has 0 aliphatic carbocycles. The number of fused-ring (bicyclic) bond motifs is 1. The minimum absolute atomic E-state index is 0.110. The van der Waals surface area contributed by atoms with Crippen molar-refractivity contribution in [3.63, 3.8) is 0 Å². The molecule has 0 unspecified atom stereocenters. The monoisotopic (exact) mass is 294 g/mol. The minimum atomic E-state index is -4.44. The molecule has 0 amide bonds. The first-order valence-corrected chi connectivity index (χ1v) is 5.95. The Balaban J connectivity index is 1.81. The van der Waals surface area contributed by atoms with Crippen molar-refractivity contribution in [3.8, 4) is 0 Å². The molecule has 0 spiro atoms. The maximum absolute atomic E-state index is 12.8. The van der Waals surface area contributed by atoms with Crippen molar-refractivity contribution in [2.24, 2.45) is 0 Å². The highest BCUT2D eigenvalue weighted by atomic mass is 19.4. The van der Waals surface area contributed by atoms with E-state index < -0.39 is 11.7 Å². The first kappa shape index (κ1) is 13.3. The van der Waals surface area contributed by atoms with Gasteiger partial charge < -0.3 is 5.32 Å². The van der Waals surface area contributed by atoms with E-state index in [0.29, 0.717) is 11.0 Å². The number of pyridine rings is 1. The molecule has 9 heteroatoms. The molecule has 2 N–H and O–H groups in total. The zero-order valence-electron chi connectivity index (χ0n) is 10.5. The van der Waals surface area contributed by atoms with Crippen LogP contribution >= 0.6 is 0 Å². The number of nitrogens with one attached hydrogen (secondary N) is 2. The fourth-order valence-electron chi connectivity index (χ4n) is 1.83. The van der Waals surface area contributed by atoms with Gasteiger partial charge in [-0.1, -0.05) is 0 Å². The van der Waals surface area contributed by atoms with Crippen molar-refractivity contribution in [1.29, 1.82) is 0 Å². The largest absolute Gasteiger partial charge is 0.418 e. The summed E-state index contributed by atoms with van der Waals surface area (Å²) in [6, 6.07) is 2.24. The lowest BCUT2D eigenvalue weighted by atomic mass is 10.2. The third kappa shape index (κ3) is 2.76. The molecule has 3 rings (SSSR count). The average molecular weight is 294 g/mol. The number of halogens is 3. The number of anilines is 1. The van der Waals surface area contributed by atoms with Crippen molar-refractivity contribution in [3.05, 3.63) is 42.0 Å². The Morgan fingerprint density at radius 3 is 2.86 bits per heavy atom. The van der Waals surface area contributed by atoms with Crippen molar-refractivity contribution < 1.29 is 13.2 Å². The fraction of sp³-hybridized carbons (Fsp3) is 0.167. The second kappa shape index (κ2) is 5.00. The summed E-state index contributed by atoms with van der Waals surface area (Å²) in [6.07, 6.45) is -0.127. The summed E-state index contributed by atoms with van der Waals surface area (Å²) in [4.78, 5) is 11.9. The van der Waals surface area contributed by atoms with Gasteiger partial charge in [-0.15, -0.1) is 0 Å². The summed E-state index contributed by atoms with van der Waals surface area (Å²) < 4.78 is 38.5. The third-order valence-electron chi connectivity index (χ3n) is 2.80. The topological polar surface area (TPSA) is 79.4 Å². The average Bonchev–Trinajstić information content (AvgIpc) is 2.92. The highest BCUT2D eigenvalue weighted by Crippen LogP contribution is 2.31. The first-order valence-electron chi connectivity index (χ1n) is 5.95. The minimum Gasteiger partial charge on any atom is -0.349 e. The summed E-state index contributed by atoms with van der Waals surface area (Å²) in [7, 11) is 0. The molecular weight excluding hydrogens is 285 g/mol. The number of hydrogen-bond donors (Lipinski definition) is 2. The van der Waals surface area contributed by atoms with Crippen molar-refractivity contribution >= 4 is 17.0 Å². The molecular formula is C12H9F3N6. The standard InChI is InChI=1S/C12H9F3N6/c13-12(14,15)7-2-1-3-16-8(7)4-17-11-18-5-10-9(20-11)6-19-21-10/h1-3,5-6H,4H2,(H,19,21)(H,17,18,20). The van der Waals surface area contributed by atoms with Crippen LogP contribution < -0.4 is 5.32 Å². The zero-order valence-corrected chi connectivity index (χ0v) is 10.5. The number of hydrogen-bond acceptors (Lipinski definition) is 5. The van der Waals surface area contributed by atoms with Crippen molar-refractivity contribution in [2.75, 3.05) is 5.32 Å². The molecule has 0 saturated carbocycles. The van der Waals surface area contributed by atoms with Crippen LogP contribution in [0, 0.1) is 0 Å². The third-order valence-corrected chi connectivity index (χ3v) is 2.80. The van der Waals surface area contributed by atoms with Gasteiger partial charge in [-0.2, -0.15) is 18.3 Å².